The molecule has 3 atom stereocenters. The third-order valence-electron chi connectivity index (χ3n) is 10.2. The second-order valence-corrected chi connectivity index (χ2v) is 15.8. The number of carbonyl (C=O) groups is 2. The normalized spacial score (nSPS) is 14.1. The summed E-state index contributed by atoms with van der Waals surface area (Å²) < 4.78 is 5.86. The smallest absolute Gasteiger partial charge is 0.306 e. The van der Waals surface area contributed by atoms with Crippen LogP contribution in [0.25, 0.3) is 0 Å². The van der Waals surface area contributed by atoms with Gasteiger partial charge in [0.05, 0.1) is 25.2 Å². The molecule has 0 aromatic heterocycles. The summed E-state index contributed by atoms with van der Waals surface area (Å²) in [5, 5.41) is 23.6. The number of aliphatic hydroxyl groups excluding tert-OH is 2. The molecule has 6 heteroatoms. The number of rotatable bonds is 41. The lowest BCUT2D eigenvalue weighted by Gasteiger charge is -2.24. The van der Waals surface area contributed by atoms with Crippen molar-refractivity contribution in [2.75, 3.05) is 6.61 Å². The largest absolute Gasteiger partial charge is 0.462 e. The van der Waals surface area contributed by atoms with Gasteiger partial charge in [0.1, 0.15) is 6.10 Å². The van der Waals surface area contributed by atoms with Gasteiger partial charge < -0.3 is 20.3 Å². The number of amides is 1. The average molecular weight is 808 g/mol. The summed E-state index contributed by atoms with van der Waals surface area (Å²) in [6.45, 7) is 6.28. The van der Waals surface area contributed by atoms with Crippen LogP contribution < -0.4 is 5.32 Å². The van der Waals surface area contributed by atoms with Gasteiger partial charge >= 0.3 is 5.97 Å². The second-order valence-electron chi connectivity index (χ2n) is 15.8. The molecule has 332 valence electrons. The van der Waals surface area contributed by atoms with Crippen molar-refractivity contribution in [3.8, 4) is 0 Å². The molecule has 0 heterocycles. The van der Waals surface area contributed by atoms with Crippen LogP contribution in [0.1, 0.15) is 207 Å². The number of carbonyl (C=O) groups excluding carboxylic acids is 2. The first-order valence-corrected chi connectivity index (χ1v) is 23.8. The minimum Gasteiger partial charge on any atom is -0.462 e. The van der Waals surface area contributed by atoms with Gasteiger partial charge in [-0.25, -0.2) is 0 Å². The minimum atomic E-state index is -0.809. The Morgan fingerprint density at radius 1 is 0.517 bits per heavy atom. The van der Waals surface area contributed by atoms with Crippen LogP contribution >= 0.6 is 0 Å². The predicted molar refractivity (Wildman–Crippen MR) is 250 cm³/mol. The first-order chi connectivity index (χ1) is 28.5. The van der Waals surface area contributed by atoms with Crippen molar-refractivity contribution in [1.82, 2.24) is 5.32 Å². The van der Waals surface area contributed by atoms with E-state index in [2.05, 4.69) is 111 Å². The number of ether oxygens (including phenoxy) is 1. The van der Waals surface area contributed by atoms with E-state index in [0.29, 0.717) is 25.7 Å². The summed E-state index contributed by atoms with van der Waals surface area (Å²) in [4.78, 5) is 26.0. The molecule has 0 aromatic rings. The summed E-state index contributed by atoms with van der Waals surface area (Å²) in [5.41, 5.74) is 0. The molecular formula is C52H89NO5. The van der Waals surface area contributed by atoms with Crippen LogP contribution in [0.5, 0.6) is 0 Å². The molecule has 0 bridgehead atoms. The summed E-state index contributed by atoms with van der Waals surface area (Å²) in [6, 6.07) is -0.727. The van der Waals surface area contributed by atoms with Gasteiger partial charge in [-0.05, 0) is 96.3 Å². The number of esters is 1. The highest BCUT2D eigenvalue weighted by Gasteiger charge is 2.24. The molecule has 58 heavy (non-hydrogen) atoms. The van der Waals surface area contributed by atoms with Gasteiger partial charge in [-0.1, -0.05) is 183 Å². The van der Waals surface area contributed by atoms with Crippen molar-refractivity contribution >= 4 is 11.9 Å². The zero-order valence-corrected chi connectivity index (χ0v) is 37.6. The lowest BCUT2D eigenvalue weighted by atomic mass is 10.0. The summed E-state index contributed by atoms with van der Waals surface area (Å²) in [7, 11) is 0. The van der Waals surface area contributed by atoms with Crippen LogP contribution in [0.15, 0.2) is 85.1 Å². The number of hydrogen-bond acceptors (Lipinski definition) is 5. The molecule has 0 aliphatic heterocycles. The lowest BCUT2D eigenvalue weighted by molar-refractivity contribution is -0.151. The van der Waals surface area contributed by atoms with Crippen molar-refractivity contribution in [2.24, 2.45) is 0 Å². The number of unbranched alkanes of at least 4 members (excludes halogenated alkanes) is 15. The Bertz CT molecular complexity index is 1130. The fraction of sp³-hybridized carbons (Fsp3) is 0.692. The van der Waals surface area contributed by atoms with E-state index in [1.807, 2.05) is 0 Å². The van der Waals surface area contributed by atoms with Crippen molar-refractivity contribution in [2.45, 2.75) is 225 Å². The maximum absolute atomic E-state index is 13.1. The highest BCUT2D eigenvalue weighted by Crippen LogP contribution is 2.16. The standard InChI is InChI=1S/C52H89NO5/c1-4-7-10-13-16-19-22-24-25-26-27-28-30-33-36-39-42-45-52(57)58-48(43-40-37-34-31-29-23-20-17-14-11-8-5-2)46-51(56)53-49(47-54)50(55)44-41-38-35-32-21-18-15-12-9-6-3/h8,11,16-17,19-20,24-25,27-29,31,33,36,48-50,54-55H,4-7,9-10,12-15,18,21-23,26,30,32,34-35,37-47H2,1-3H3,(H,53,56)/b11-8+,19-16-,20-17+,25-24-,28-27-,31-29+,36-33-. The van der Waals surface area contributed by atoms with E-state index >= 15 is 0 Å². The predicted octanol–water partition coefficient (Wildman–Crippen LogP) is 14.0. The van der Waals surface area contributed by atoms with E-state index < -0.39 is 18.2 Å². The molecule has 0 aliphatic carbocycles. The summed E-state index contributed by atoms with van der Waals surface area (Å²) >= 11 is 0. The van der Waals surface area contributed by atoms with E-state index in [-0.39, 0.29) is 24.9 Å². The third kappa shape index (κ3) is 39.8. The second kappa shape index (κ2) is 45.1. The Hall–Kier alpha value is -2.96. The maximum atomic E-state index is 13.1. The fourth-order valence-corrected chi connectivity index (χ4v) is 6.61. The van der Waals surface area contributed by atoms with Crippen molar-refractivity contribution in [3.05, 3.63) is 85.1 Å². The highest BCUT2D eigenvalue weighted by atomic mass is 16.5. The zero-order chi connectivity index (χ0) is 42.4. The highest BCUT2D eigenvalue weighted by molar-refractivity contribution is 5.77. The Balaban J connectivity index is 4.74. The van der Waals surface area contributed by atoms with Crippen molar-refractivity contribution in [3.63, 3.8) is 0 Å². The minimum absolute atomic E-state index is 0.0253. The monoisotopic (exact) mass is 808 g/mol. The van der Waals surface area contributed by atoms with Gasteiger partial charge in [0, 0.05) is 6.42 Å². The van der Waals surface area contributed by atoms with Crippen molar-refractivity contribution < 1.29 is 24.5 Å². The van der Waals surface area contributed by atoms with E-state index in [9.17, 15) is 19.8 Å². The molecule has 0 fully saturated rings. The number of hydrogen-bond donors (Lipinski definition) is 3. The van der Waals surface area contributed by atoms with Gasteiger partial charge in [0.15, 0.2) is 0 Å². The van der Waals surface area contributed by atoms with Crippen LogP contribution in [0.2, 0.25) is 0 Å². The molecule has 0 aliphatic rings. The van der Waals surface area contributed by atoms with E-state index in [1.165, 1.54) is 70.6 Å². The fourth-order valence-electron chi connectivity index (χ4n) is 6.61. The SMILES string of the molecule is CC/C=C/C/C=C/C/C=C/CCCCC(CC(=O)NC(CO)C(O)CCCCCCCCCCCC)OC(=O)CCC/C=C\C/C=C\C/C=C\C/C=C\CCCCC. The molecule has 3 N–H and O–H groups in total. The number of nitrogens with one attached hydrogen (secondary N) is 1. The van der Waals surface area contributed by atoms with Crippen LogP contribution in [-0.4, -0.2) is 46.9 Å². The molecule has 3 unspecified atom stereocenters. The molecule has 0 spiro atoms. The van der Waals surface area contributed by atoms with Crippen LogP contribution in [-0.2, 0) is 14.3 Å². The average Bonchev–Trinajstić information content (AvgIpc) is 3.22. The van der Waals surface area contributed by atoms with E-state index in [0.717, 1.165) is 83.5 Å². The topological polar surface area (TPSA) is 95.9 Å². The molecule has 0 saturated carbocycles. The quantitative estimate of drug-likeness (QED) is 0.0325. The Kier molecular flexibility index (Phi) is 42.8. The van der Waals surface area contributed by atoms with Gasteiger partial charge in [-0.2, -0.15) is 0 Å². The molecule has 0 rings (SSSR count). The third-order valence-corrected chi connectivity index (χ3v) is 10.2. The van der Waals surface area contributed by atoms with Gasteiger partial charge in [0.25, 0.3) is 0 Å². The van der Waals surface area contributed by atoms with E-state index in [4.69, 9.17) is 4.74 Å². The molecule has 1 amide bonds. The molecule has 0 aromatic carbocycles. The Morgan fingerprint density at radius 2 is 0.931 bits per heavy atom. The number of aliphatic hydroxyl groups is 2. The van der Waals surface area contributed by atoms with Crippen molar-refractivity contribution in [1.29, 1.82) is 0 Å². The van der Waals surface area contributed by atoms with Gasteiger partial charge in [-0.3, -0.25) is 9.59 Å². The molecule has 6 nitrogen and oxygen atoms in total. The van der Waals surface area contributed by atoms with Crippen LogP contribution in [0.4, 0.5) is 0 Å². The first-order valence-electron chi connectivity index (χ1n) is 23.8. The van der Waals surface area contributed by atoms with Gasteiger partial charge in [0.2, 0.25) is 5.91 Å². The lowest BCUT2D eigenvalue weighted by Crippen LogP contribution is -2.46. The number of allylic oxidation sites excluding steroid dienone is 14. The Morgan fingerprint density at radius 3 is 1.43 bits per heavy atom. The summed E-state index contributed by atoms with van der Waals surface area (Å²) in [6.07, 6.45) is 57.9. The van der Waals surface area contributed by atoms with Gasteiger partial charge in [-0.15, -0.1) is 0 Å². The zero-order valence-electron chi connectivity index (χ0n) is 37.6. The van der Waals surface area contributed by atoms with Crippen LogP contribution in [0, 0.1) is 0 Å². The first kappa shape index (κ1) is 55.0. The van der Waals surface area contributed by atoms with Crippen LogP contribution in [0.3, 0.4) is 0 Å². The van der Waals surface area contributed by atoms with E-state index in [1.54, 1.807) is 0 Å². The maximum Gasteiger partial charge on any atom is 0.306 e. The molecule has 0 saturated heterocycles. The summed E-state index contributed by atoms with van der Waals surface area (Å²) in [5.74, 6) is -0.589. The molecule has 0 radical (unpaired) electrons. The Labute approximate surface area is 357 Å². The molecular weight excluding hydrogens is 719 g/mol.